The Morgan fingerprint density at radius 2 is 2.30 bits per heavy atom. The molecule has 5 nitrogen and oxygen atoms in total. The van der Waals surface area contributed by atoms with Crippen molar-refractivity contribution < 1.29 is 13.7 Å². The first-order valence-electron chi connectivity index (χ1n) is 6.08. The standard InChI is InChI=1S/C13H15BrFN3O2/c1-16-9(7-19-2)6-12-17-13(18-20-12)10-5-8(15)3-4-11(10)14/h3-5,9,16H,6-7H2,1-2H3. The second kappa shape index (κ2) is 6.92. The number of halogens is 2. The van der Waals surface area contributed by atoms with Gasteiger partial charge in [-0.1, -0.05) is 21.1 Å². The number of hydrogen-bond donors (Lipinski definition) is 1. The summed E-state index contributed by atoms with van der Waals surface area (Å²) in [6, 6.07) is 4.43. The van der Waals surface area contributed by atoms with Gasteiger partial charge < -0.3 is 14.6 Å². The van der Waals surface area contributed by atoms with Crippen LogP contribution in [0.1, 0.15) is 5.89 Å². The van der Waals surface area contributed by atoms with E-state index >= 15 is 0 Å². The van der Waals surface area contributed by atoms with E-state index in [1.807, 2.05) is 7.05 Å². The Kier molecular flexibility index (Phi) is 5.22. The van der Waals surface area contributed by atoms with Crippen molar-refractivity contribution in [3.63, 3.8) is 0 Å². The third-order valence-corrected chi connectivity index (χ3v) is 3.53. The van der Waals surface area contributed by atoms with Crippen molar-refractivity contribution in [3.05, 3.63) is 34.4 Å². The van der Waals surface area contributed by atoms with E-state index in [2.05, 4.69) is 31.4 Å². The maximum absolute atomic E-state index is 13.3. The molecular weight excluding hydrogens is 329 g/mol. The third-order valence-electron chi connectivity index (χ3n) is 2.83. The Balaban J connectivity index is 2.18. The summed E-state index contributed by atoms with van der Waals surface area (Å²) < 4.78 is 24.3. The molecule has 1 heterocycles. The molecule has 1 unspecified atom stereocenters. The van der Waals surface area contributed by atoms with Crippen molar-refractivity contribution >= 4 is 15.9 Å². The topological polar surface area (TPSA) is 60.2 Å². The van der Waals surface area contributed by atoms with Gasteiger partial charge in [0.15, 0.2) is 0 Å². The van der Waals surface area contributed by atoms with Gasteiger partial charge in [-0.2, -0.15) is 4.98 Å². The molecule has 20 heavy (non-hydrogen) atoms. The lowest BCUT2D eigenvalue weighted by molar-refractivity contribution is 0.165. The number of benzene rings is 1. The van der Waals surface area contributed by atoms with Crippen molar-refractivity contribution in [2.24, 2.45) is 0 Å². The fourth-order valence-corrected chi connectivity index (χ4v) is 2.20. The smallest absolute Gasteiger partial charge is 0.228 e. The Labute approximate surface area is 124 Å². The quantitative estimate of drug-likeness (QED) is 0.872. The van der Waals surface area contributed by atoms with Crippen LogP contribution in [0.5, 0.6) is 0 Å². The van der Waals surface area contributed by atoms with Gasteiger partial charge in [-0.05, 0) is 25.2 Å². The summed E-state index contributed by atoms with van der Waals surface area (Å²) >= 11 is 3.35. The number of aromatic nitrogens is 2. The molecule has 1 aromatic carbocycles. The molecule has 0 aliphatic carbocycles. The van der Waals surface area contributed by atoms with Crippen LogP contribution in [0.3, 0.4) is 0 Å². The van der Waals surface area contributed by atoms with Crippen LogP contribution in [0.4, 0.5) is 4.39 Å². The summed E-state index contributed by atoms with van der Waals surface area (Å²) in [6.45, 7) is 0.540. The minimum Gasteiger partial charge on any atom is -0.383 e. The van der Waals surface area contributed by atoms with E-state index in [4.69, 9.17) is 9.26 Å². The van der Waals surface area contributed by atoms with Crippen LogP contribution in [0.2, 0.25) is 0 Å². The maximum Gasteiger partial charge on any atom is 0.228 e. The molecule has 108 valence electrons. The Morgan fingerprint density at radius 1 is 1.50 bits per heavy atom. The van der Waals surface area contributed by atoms with Gasteiger partial charge in [0.2, 0.25) is 11.7 Å². The van der Waals surface area contributed by atoms with E-state index in [1.54, 1.807) is 13.2 Å². The zero-order valence-corrected chi connectivity index (χ0v) is 12.8. The molecule has 0 bridgehead atoms. The predicted molar refractivity (Wildman–Crippen MR) is 75.8 cm³/mol. The van der Waals surface area contributed by atoms with E-state index in [1.165, 1.54) is 12.1 Å². The average Bonchev–Trinajstić information content (AvgIpc) is 2.89. The summed E-state index contributed by atoms with van der Waals surface area (Å²) in [7, 11) is 3.47. The minimum absolute atomic E-state index is 0.0873. The summed E-state index contributed by atoms with van der Waals surface area (Å²) in [6.07, 6.45) is 0.546. The molecule has 0 aliphatic heterocycles. The average molecular weight is 344 g/mol. The lowest BCUT2D eigenvalue weighted by Gasteiger charge is -2.11. The zero-order valence-electron chi connectivity index (χ0n) is 11.2. The number of methoxy groups -OCH3 is 1. The molecule has 1 aromatic heterocycles. The van der Waals surface area contributed by atoms with Crippen LogP contribution >= 0.6 is 15.9 Å². The summed E-state index contributed by atoms with van der Waals surface area (Å²) in [5.74, 6) is 0.494. The lowest BCUT2D eigenvalue weighted by Crippen LogP contribution is -2.32. The second-order valence-electron chi connectivity index (χ2n) is 4.28. The molecule has 2 aromatic rings. The third kappa shape index (κ3) is 3.62. The van der Waals surface area contributed by atoms with Crippen molar-refractivity contribution in [2.45, 2.75) is 12.5 Å². The van der Waals surface area contributed by atoms with Crippen LogP contribution in [0.25, 0.3) is 11.4 Å². The number of hydrogen-bond acceptors (Lipinski definition) is 5. The van der Waals surface area contributed by atoms with Gasteiger partial charge in [-0.25, -0.2) is 4.39 Å². The first-order valence-corrected chi connectivity index (χ1v) is 6.87. The van der Waals surface area contributed by atoms with E-state index in [9.17, 15) is 4.39 Å². The van der Waals surface area contributed by atoms with Gasteiger partial charge >= 0.3 is 0 Å². The van der Waals surface area contributed by atoms with Crippen LogP contribution < -0.4 is 5.32 Å². The van der Waals surface area contributed by atoms with E-state index in [0.717, 1.165) is 0 Å². The first-order chi connectivity index (χ1) is 9.63. The predicted octanol–water partition coefficient (Wildman–Crippen LogP) is 2.42. The Hall–Kier alpha value is -1.31. The lowest BCUT2D eigenvalue weighted by atomic mass is 10.2. The zero-order chi connectivity index (χ0) is 14.5. The summed E-state index contributed by atoms with van der Waals surface area (Å²) in [5.41, 5.74) is 0.563. The number of nitrogens with zero attached hydrogens (tertiary/aromatic N) is 2. The van der Waals surface area contributed by atoms with Crippen LogP contribution in [-0.4, -0.2) is 36.9 Å². The van der Waals surface area contributed by atoms with Crippen molar-refractivity contribution in [2.75, 3.05) is 20.8 Å². The number of ether oxygens (including phenoxy) is 1. The summed E-state index contributed by atoms with van der Waals surface area (Å²) in [5, 5.41) is 6.98. The Morgan fingerprint density at radius 3 is 3.00 bits per heavy atom. The fourth-order valence-electron chi connectivity index (χ4n) is 1.77. The molecule has 0 fully saturated rings. The highest BCUT2D eigenvalue weighted by Gasteiger charge is 2.15. The summed E-state index contributed by atoms with van der Waals surface area (Å²) in [4.78, 5) is 4.28. The van der Waals surface area contributed by atoms with Gasteiger partial charge in [0.1, 0.15) is 5.82 Å². The number of rotatable bonds is 6. The molecule has 0 spiro atoms. The highest BCUT2D eigenvalue weighted by Crippen LogP contribution is 2.26. The van der Waals surface area contributed by atoms with Gasteiger partial charge in [0.25, 0.3) is 0 Å². The van der Waals surface area contributed by atoms with Crippen LogP contribution in [-0.2, 0) is 11.2 Å². The second-order valence-corrected chi connectivity index (χ2v) is 5.14. The van der Waals surface area contributed by atoms with Crippen molar-refractivity contribution in [1.29, 1.82) is 0 Å². The molecule has 0 amide bonds. The van der Waals surface area contributed by atoms with Crippen LogP contribution in [0, 0.1) is 5.82 Å². The number of likely N-dealkylation sites (N-methyl/N-ethyl adjacent to an activating group) is 1. The fraction of sp³-hybridized carbons (Fsp3) is 0.385. The van der Waals surface area contributed by atoms with E-state index in [0.29, 0.717) is 34.8 Å². The molecule has 1 atom stereocenters. The Bertz CT molecular complexity index is 576. The molecule has 7 heteroatoms. The molecule has 0 radical (unpaired) electrons. The molecule has 0 saturated carbocycles. The monoisotopic (exact) mass is 343 g/mol. The van der Waals surface area contributed by atoms with Gasteiger partial charge in [0, 0.05) is 29.6 Å². The van der Waals surface area contributed by atoms with Gasteiger partial charge in [0.05, 0.1) is 6.61 Å². The normalized spacial score (nSPS) is 12.6. The van der Waals surface area contributed by atoms with Gasteiger partial charge in [-0.15, -0.1) is 0 Å². The van der Waals surface area contributed by atoms with E-state index < -0.39 is 0 Å². The molecule has 1 N–H and O–H groups in total. The number of nitrogens with one attached hydrogen (secondary N) is 1. The first kappa shape index (κ1) is 15.1. The largest absolute Gasteiger partial charge is 0.383 e. The van der Waals surface area contributed by atoms with Gasteiger partial charge in [-0.3, -0.25) is 0 Å². The molecule has 0 saturated heterocycles. The SMILES string of the molecule is CNC(COC)Cc1nc(-c2cc(F)ccc2Br)no1. The highest BCUT2D eigenvalue weighted by molar-refractivity contribution is 9.10. The molecular formula is C13H15BrFN3O2. The highest BCUT2D eigenvalue weighted by atomic mass is 79.9. The van der Waals surface area contributed by atoms with Crippen molar-refractivity contribution in [1.82, 2.24) is 15.5 Å². The van der Waals surface area contributed by atoms with Crippen LogP contribution in [0.15, 0.2) is 27.2 Å². The molecule has 0 aliphatic rings. The minimum atomic E-state index is -0.345. The maximum atomic E-state index is 13.3. The van der Waals surface area contributed by atoms with Crippen molar-refractivity contribution in [3.8, 4) is 11.4 Å². The van der Waals surface area contributed by atoms with E-state index in [-0.39, 0.29) is 11.9 Å². The molecule has 2 rings (SSSR count).